The van der Waals surface area contributed by atoms with Crippen molar-refractivity contribution >= 4 is 11.9 Å². The summed E-state index contributed by atoms with van der Waals surface area (Å²) in [6.07, 6.45) is 1.86. The number of nitrogens with zero attached hydrogens (tertiary/aromatic N) is 3. The molecule has 0 saturated carbocycles. The number of ether oxygens (including phenoxy) is 2. The van der Waals surface area contributed by atoms with Crippen LogP contribution in [0.3, 0.4) is 0 Å². The zero-order chi connectivity index (χ0) is 17.7. The molecule has 25 heavy (non-hydrogen) atoms. The van der Waals surface area contributed by atoms with E-state index in [1.165, 1.54) is 17.2 Å². The Morgan fingerprint density at radius 3 is 2.60 bits per heavy atom. The highest BCUT2D eigenvalue weighted by atomic mass is 19.1. The van der Waals surface area contributed by atoms with Crippen molar-refractivity contribution in [3.05, 3.63) is 30.1 Å². The van der Waals surface area contributed by atoms with Crippen LogP contribution >= 0.6 is 0 Å². The molecule has 2 aliphatic heterocycles. The number of benzene rings is 1. The molecule has 1 aromatic rings. The van der Waals surface area contributed by atoms with E-state index in [4.69, 9.17) is 25.8 Å². The Kier molecular flexibility index (Phi) is 5.34. The second-order valence-electron chi connectivity index (χ2n) is 5.82. The highest BCUT2D eigenvalue weighted by molar-refractivity contribution is 5.95. The zero-order valence-corrected chi connectivity index (χ0v) is 13.9. The van der Waals surface area contributed by atoms with Crippen molar-refractivity contribution in [2.75, 3.05) is 26.4 Å². The van der Waals surface area contributed by atoms with E-state index in [2.05, 4.69) is 9.98 Å². The van der Waals surface area contributed by atoms with E-state index in [1.54, 1.807) is 12.1 Å². The molecule has 1 spiro atoms. The van der Waals surface area contributed by atoms with Crippen LogP contribution < -0.4 is 16.2 Å². The molecule has 0 atom stereocenters. The van der Waals surface area contributed by atoms with Gasteiger partial charge < -0.3 is 20.9 Å². The molecule has 8 nitrogen and oxygen atoms in total. The van der Waals surface area contributed by atoms with Gasteiger partial charge in [0.25, 0.3) is 0 Å². The fourth-order valence-electron chi connectivity index (χ4n) is 2.79. The fraction of sp³-hybridized carbons (Fsp3) is 0.500. The minimum absolute atomic E-state index is 0.152. The molecule has 1 aromatic carbocycles. The van der Waals surface area contributed by atoms with Gasteiger partial charge in [0.15, 0.2) is 5.66 Å². The number of hydroxylamine groups is 2. The minimum Gasteiger partial charge on any atom is -0.494 e. The molecule has 2 heterocycles. The summed E-state index contributed by atoms with van der Waals surface area (Å²) in [5, 5.41) is 1.53. The smallest absolute Gasteiger partial charge is 0.226 e. The van der Waals surface area contributed by atoms with Crippen molar-refractivity contribution in [2.24, 2.45) is 21.5 Å². The Labute approximate surface area is 145 Å². The standard InChI is InChI=1S/C16H22FN5O3/c17-12-2-4-13(5-3-12)24-8-1-9-25-22-15(19)20-14(18)21-16(22)6-10-23-11-7-16/h2-5H,1,6-11H2,(H4,18,19,20,21). The van der Waals surface area contributed by atoms with Gasteiger partial charge in [0.05, 0.1) is 26.4 Å². The first kappa shape index (κ1) is 17.4. The Morgan fingerprint density at radius 1 is 1.16 bits per heavy atom. The Hall–Kier alpha value is -2.39. The van der Waals surface area contributed by atoms with Gasteiger partial charge in [-0.1, -0.05) is 0 Å². The molecule has 0 radical (unpaired) electrons. The van der Waals surface area contributed by atoms with Crippen LogP contribution in [0.4, 0.5) is 4.39 Å². The van der Waals surface area contributed by atoms with Crippen LogP contribution in [0, 0.1) is 5.82 Å². The maximum Gasteiger partial charge on any atom is 0.226 e. The van der Waals surface area contributed by atoms with Crippen molar-refractivity contribution in [1.82, 2.24) is 5.06 Å². The third-order valence-corrected chi connectivity index (χ3v) is 4.02. The van der Waals surface area contributed by atoms with E-state index < -0.39 is 5.66 Å². The lowest BCUT2D eigenvalue weighted by atomic mass is 10.0. The largest absolute Gasteiger partial charge is 0.494 e. The van der Waals surface area contributed by atoms with Gasteiger partial charge in [-0.15, -0.1) is 0 Å². The van der Waals surface area contributed by atoms with E-state index >= 15 is 0 Å². The molecule has 0 amide bonds. The summed E-state index contributed by atoms with van der Waals surface area (Å²) in [5.74, 6) is 0.656. The molecule has 0 aromatic heterocycles. The predicted octanol–water partition coefficient (Wildman–Crippen LogP) is 0.978. The molecule has 4 N–H and O–H groups in total. The number of hydrogen-bond donors (Lipinski definition) is 2. The average molecular weight is 351 g/mol. The first-order valence-corrected chi connectivity index (χ1v) is 8.18. The molecule has 9 heteroatoms. The van der Waals surface area contributed by atoms with Crippen LogP contribution in [0.5, 0.6) is 5.75 Å². The quantitative estimate of drug-likeness (QED) is 0.740. The van der Waals surface area contributed by atoms with Gasteiger partial charge in [0.1, 0.15) is 11.6 Å². The summed E-state index contributed by atoms with van der Waals surface area (Å²) < 4.78 is 23.8. The van der Waals surface area contributed by atoms with Crippen molar-refractivity contribution in [3.63, 3.8) is 0 Å². The van der Waals surface area contributed by atoms with Gasteiger partial charge in [-0.05, 0) is 24.3 Å². The number of nitrogens with two attached hydrogens (primary N) is 2. The van der Waals surface area contributed by atoms with E-state index in [-0.39, 0.29) is 17.7 Å². The van der Waals surface area contributed by atoms with E-state index in [9.17, 15) is 4.39 Å². The topological polar surface area (TPSA) is 108 Å². The number of aliphatic imine (C=N–C) groups is 2. The fourth-order valence-corrected chi connectivity index (χ4v) is 2.79. The summed E-state index contributed by atoms with van der Waals surface area (Å²) in [6.45, 7) is 1.91. The first-order valence-electron chi connectivity index (χ1n) is 8.18. The van der Waals surface area contributed by atoms with Crippen LogP contribution in [-0.4, -0.2) is 49.1 Å². The summed E-state index contributed by atoms with van der Waals surface area (Å²) in [6, 6.07) is 5.88. The number of hydrogen-bond acceptors (Lipinski definition) is 8. The van der Waals surface area contributed by atoms with E-state index in [1.807, 2.05) is 0 Å². The molecule has 136 valence electrons. The maximum atomic E-state index is 12.8. The molecule has 2 aliphatic rings. The molecule has 0 bridgehead atoms. The molecule has 0 unspecified atom stereocenters. The molecular weight excluding hydrogens is 329 g/mol. The highest BCUT2D eigenvalue weighted by Crippen LogP contribution is 2.31. The minimum atomic E-state index is -0.661. The van der Waals surface area contributed by atoms with E-state index in [0.717, 1.165) is 0 Å². The molecule has 1 fully saturated rings. The second-order valence-corrected chi connectivity index (χ2v) is 5.82. The Morgan fingerprint density at radius 2 is 1.88 bits per heavy atom. The van der Waals surface area contributed by atoms with Crippen LogP contribution in [0.25, 0.3) is 0 Å². The number of halogens is 1. The monoisotopic (exact) mass is 351 g/mol. The van der Waals surface area contributed by atoms with E-state index in [0.29, 0.717) is 51.4 Å². The third-order valence-electron chi connectivity index (χ3n) is 4.02. The van der Waals surface area contributed by atoms with Gasteiger partial charge in [-0.3, -0.25) is 4.84 Å². The molecular formula is C16H22FN5O3. The molecule has 3 rings (SSSR count). The van der Waals surface area contributed by atoms with Crippen LogP contribution in [0.2, 0.25) is 0 Å². The van der Waals surface area contributed by atoms with Crippen molar-refractivity contribution in [1.29, 1.82) is 0 Å². The van der Waals surface area contributed by atoms with Gasteiger partial charge in [0.2, 0.25) is 11.9 Å². The molecule has 1 saturated heterocycles. The number of guanidine groups is 2. The van der Waals surface area contributed by atoms with Crippen LogP contribution in [-0.2, 0) is 9.57 Å². The summed E-state index contributed by atoms with van der Waals surface area (Å²) in [5.41, 5.74) is 11.1. The maximum absolute atomic E-state index is 12.8. The van der Waals surface area contributed by atoms with Crippen molar-refractivity contribution < 1.29 is 18.7 Å². The lowest BCUT2D eigenvalue weighted by molar-refractivity contribution is -0.190. The predicted molar refractivity (Wildman–Crippen MR) is 90.3 cm³/mol. The average Bonchev–Trinajstić information content (AvgIpc) is 2.59. The normalized spacial score (nSPS) is 19.5. The third kappa shape index (κ3) is 4.18. The lowest BCUT2D eigenvalue weighted by Crippen LogP contribution is -2.59. The van der Waals surface area contributed by atoms with Crippen molar-refractivity contribution in [3.8, 4) is 5.75 Å². The van der Waals surface area contributed by atoms with Gasteiger partial charge >= 0.3 is 0 Å². The number of rotatable bonds is 6. The Balaban J connectivity index is 1.50. The van der Waals surface area contributed by atoms with Gasteiger partial charge in [-0.2, -0.15) is 10.1 Å². The lowest BCUT2D eigenvalue weighted by Gasteiger charge is -2.43. The SMILES string of the molecule is NC1=NC2(CCOCC2)N(OCCCOc2ccc(F)cc2)C(N)=N1. The second kappa shape index (κ2) is 7.66. The van der Waals surface area contributed by atoms with Crippen molar-refractivity contribution in [2.45, 2.75) is 24.9 Å². The summed E-state index contributed by atoms with van der Waals surface area (Å²) in [7, 11) is 0. The van der Waals surface area contributed by atoms with Crippen LogP contribution in [0.15, 0.2) is 34.3 Å². The zero-order valence-electron chi connectivity index (χ0n) is 13.9. The van der Waals surface area contributed by atoms with Gasteiger partial charge in [0, 0.05) is 19.3 Å². The Bertz CT molecular complexity index is 644. The first-order chi connectivity index (χ1) is 12.1. The van der Waals surface area contributed by atoms with Crippen LogP contribution in [0.1, 0.15) is 19.3 Å². The summed E-state index contributed by atoms with van der Waals surface area (Å²) >= 11 is 0. The molecule has 0 aliphatic carbocycles. The van der Waals surface area contributed by atoms with Gasteiger partial charge in [-0.25, -0.2) is 9.38 Å². The summed E-state index contributed by atoms with van der Waals surface area (Å²) in [4.78, 5) is 14.2. The highest BCUT2D eigenvalue weighted by Gasteiger charge is 2.43.